The first-order chi connectivity index (χ1) is 9.20. The molecule has 0 saturated carbocycles. The van der Waals surface area contributed by atoms with E-state index in [9.17, 15) is 13.2 Å². The quantitative estimate of drug-likeness (QED) is 0.619. The number of rotatable bonds is 6. The molecule has 112 valence electrons. The Hall–Kier alpha value is -1.56. The first kappa shape index (κ1) is 16.5. The first-order valence-corrected chi connectivity index (χ1v) is 8.48. The number of amides is 1. The van der Waals surface area contributed by atoms with Crippen molar-refractivity contribution in [2.45, 2.75) is 31.6 Å². The number of nitrogen functional groups attached to an aromatic ring is 1. The Labute approximate surface area is 120 Å². The van der Waals surface area contributed by atoms with Crippen molar-refractivity contribution in [3.8, 4) is 0 Å². The fraction of sp³-hybridized carbons (Fsp3) is 0.500. The summed E-state index contributed by atoms with van der Waals surface area (Å²) in [6, 6.07) is 4.18. The number of hydrogen-bond acceptors (Lipinski definition) is 4. The van der Waals surface area contributed by atoms with Gasteiger partial charge in [-0.2, -0.15) is 0 Å². The van der Waals surface area contributed by atoms with Crippen LogP contribution in [0.25, 0.3) is 0 Å². The third-order valence-corrected chi connectivity index (χ3v) is 3.96. The van der Waals surface area contributed by atoms with Gasteiger partial charge in [-0.05, 0) is 37.0 Å². The molecule has 0 radical (unpaired) electrons. The Bertz CT molecular complexity index is 580. The van der Waals surface area contributed by atoms with Crippen LogP contribution in [0.4, 0.5) is 5.69 Å². The van der Waals surface area contributed by atoms with Crippen molar-refractivity contribution in [1.82, 2.24) is 5.32 Å². The maximum Gasteiger partial charge on any atom is 0.251 e. The summed E-state index contributed by atoms with van der Waals surface area (Å²) in [7, 11) is -3.38. The van der Waals surface area contributed by atoms with Gasteiger partial charge in [-0.25, -0.2) is 8.42 Å². The largest absolute Gasteiger partial charge is 0.399 e. The maximum absolute atomic E-state index is 12.0. The van der Waals surface area contributed by atoms with Crippen LogP contribution in [-0.2, 0) is 9.84 Å². The molecule has 1 amide bonds. The highest BCUT2D eigenvalue weighted by Gasteiger charge is 2.13. The molecule has 0 bridgehead atoms. The summed E-state index contributed by atoms with van der Waals surface area (Å²) in [6.07, 6.45) is 3.02. The summed E-state index contributed by atoms with van der Waals surface area (Å²) in [6.45, 7) is 4.82. The fourth-order valence-corrected chi connectivity index (χ4v) is 2.47. The minimum Gasteiger partial charge on any atom is -0.399 e. The Morgan fingerprint density at radius 2 is 1.95 bits per heavy atom. The van der Waals surface area contributed by atoms with E-state index in [2.05, 4.69) is 19.2 Å². The standard InChI is InChI=1S/C14H22N2O3S/c1-10(2)5-4-6-16-14(17)11-7-12(15)9-13(8-11)20(3,18)19/h7-10H,4-6,15H2,1-3H3,(H,16,17). The molecule has 0 spiro atoms. The van der Waals surface area contributed by atoms with E-state index in [-0.39, 0.29) is 22.1 Å². The lowest BCUT2D eigenvalue weighted by Gasteiger charge is -2.09. The van der Waals surface area contributed by atoms with Crippen LogP contribution in [-0.4, -0.2) is 27.1 Å². The van der Waals surface area contributed by atoms with Gasteiger partial charge in [-0.3, -0.25) is 4.79 Å². The number of benzene rings is 1. The smallest absolute Gasteiger partial charge is 0.251 e. The lowest BCUT2D eigenvalue weighted by Crippen LogP contribution is -2.25. The number of carbonyl (C=O) groups is 1. The zero-order valence-corrected chi connectivity index (χ0v) is 13.0. The number of anilines is 1. The van der Waals surface area contributed by atoms with Gasteiger partial charge in [0.1, 0.15) is 0 Å². The van der Waals surface area contributed by atoms with Crippen LogP contribution in [0.2, 0.25) is 0 Å². The Kier molecular flexibility index (Phi) is 5.56. The van der Waals surface area contributed by atoms with Crippen LogP contribution in [0.3, 0.4) is 0 Å². The summed E-state index contributed by atoms with van der Waals surface area (Å²) in [5.74, 6) is 0.294. The van der Waals surface area contributed by atoms with Gasteiger partial charge in [0.2, 0.25) is 0 Å². The molecule has 1 aromatic carbocycles. The molecule has 1 rings (SSSR count). The monoisotopic (exact) mass is 298 g/mol. The molecule has 0 aromatic heterocycles. The normalized spacial score (nSPS) is 11.6. The van der Waals surface area contributed by atoms with Crippen LogP contribution in [0.15, 0.2) is 23.1 Å². The Morgan fingerprint density at radius 3 is 2.50 bits per heavy atom. The first-order valence-electron chi connectivity index (χ1n) is 6.59. The van der Waals surface area contributed by atoms with E-state index in [0.29, 0.717) is 12.5 Å². The Balaban J connectivity index is 2.76. The zero-order valence-electron chi connectivity index (χ0n) is 12.1. The molecule has 6 heteroatoms. The van der Waals surface area contributed by atoms with E-state index in [4.69, 9.17) is 5.73 Å². The molecular weight excluding hydrogens is 276 g/mol. The van der Waals surface area contributed by atoms with Gasteiger partial charge < -0.3 is 11.1 Å². The minimum absolute atomic E-state index is 0.0600. The molecular formula is C14H22N2O3S. The van der Waals surface area contributed by atoms with Crippen molar-refractivity contribution in [2.24, 2.45) is 5.92 Å². The third kappa shape index (κ3) is 5.21. The topological polar surface area (TPSA) is 89.3 Å². The molecule has 0 aliphatic rings. The lowest BCUT2D eigenvalue weighted by molar-refractivity contribution is 0.0952. The van der Waals surface area contributed by atoms with E-state index in [1.54, 1.807) is 0 Å². The van der Waals surface area contributed by atoms with Gasteiger partial charge in [-0.1, -0.05) is 13.8 Å². The third-order valence-electron chi connectivity index (χ3n) is 2.86. The van der Waals surface area contributed by atoms with Gasteiger partial charge in [-0.15, -0.1) is 0 Å². The second-order valence-corrected chi connectivity index (χ2v) is 7.37. The summed E-state index contributed by atoms with van der Waals surface area (Å²) in [4.78, 5) is 12.0. The maximum atomic E-state index is 12.0. The van der Waals surface area contributed by atoms with E-state index in [1.807, 2.05) is 0 Å². The van der Waals surface area contributed by atoms with E-state index in [0.717, 1.165) is 19.1 Å². The van der Waals surface area contributed by atoms with Crippen LogP contribution >= 0.6 is 0 Å². The summed E-state index contributed by atoms with van der Waals surface area (Å²) < 4.78 is 23.0. The molecule has 0 aliphatic heterocycles. The van der Waals surface area contributed by atoms with Crippen molar-refractivity contribution in [1.29, 1.82) is 0 Å². The second-order valence-electron chi connectivity index (χ2n) is 5.35. The molecule has 0 fully saturated rings. The number of hydrogen-bond donors (Lipinski definition) is 2. The van der Waals surface area contributed by atoms with Crippen molar-refractivity contribution < 1.29 is 13.2 Å². The predicted molar refractivity (Wildman–Crippen MR) is 80.4 cm³/mol. The molecule has 3 N–H and O–H groups in total. The average molecular weight is 298 g/mol. The predicted octanol–water partition coefficient (Wildman–Crippen LogP) is 1.84. The van der Waals surface area contributed by atoms with Crippen LogP contribution in [0.1, 0.15) is 37.0 Å². The van der Waals surface area contributed by atoms with Crippen molar-refractivity contribution in [3.05, 3.63) is 23.8 Å². The van der Waals surface area contributed by atoms with Gasteiger partial charge in [0.05, 0.1) is 4.90 Å². The van der Waals surface area contributed by atoms with Gasteiger partial charge in [0, 0.05) is 24.1 Å². The van der Waals surface area contributed by atoms with Gasteiger partial charge in [0.25, 0.3) is 5.91 Å². The fourth-order valence-electron chi connectivity index (χ4n) is 1.78. The van der Waals surface area contributed by atoms with Gasteiger partial charge in [0.15, 0.2) is 9.84 Å². The number of sulfone groups is 1. The van der Waals surface area contributed by atoms with Crippen molar-refractivity contribution >= 4 is 21.4 Å². The number of carbonyl (C=O) groups excluding carboxylic acids is 1. The van der Waals surface area contributed by atoms with Gasteiger partial charge >= 0.3 is 0 Å². The molecule has 20 heavy (non-hydrogen) atoms. The second kappa shape index (κ2) is 6.74. The summed E-state index contributed by atoms with van der Waals surface area (Å²) in [5.41, 5.74) is 6.18. The molecule has 0 heterocycles. The van der Waals surface area contributed by atoms with E-state index in [1.165, 1.54) is 18.2 Å². The summed E-state index contributed by atoms with van der Waals surface area (Å²) in [5, 5.41) is 2.77. The number of nitrogens with two attached hydrogens (primary N) is 1. The SMILES string of the molecule is CC(C)CCCNC(=O)c1cc(N)cc(S(C)(=O)=O)c1. The number of nitrogens with one attached hydrogen (secondary N) is 1. The van der Waals surface area contributed by atoms with Crippen LogP contribution in [0, 0.1) is 5.92 Å². The van der Waals surface area contributed by atoms with Crippen LogP contribution < -0.4 is 11.1 Å². The summed E-state index contributed by atoms with van der Waals surface area (Å²) >= 11 is 0. The zero-order chi connectivity index (χ0) is 15.3. The van der Waals surface area contributed by atoms with E-state index < -0.39 is 9.84 Å². The Morgan fingerprint density at radius 1 is 1.30 bits per heavy atom. The average Bonchev–Trinajstić information content (AvgIpc) is 2.32. The van der Waals surface area contributed by atoms with Crippen molar-refractivity contribution in [3.63, 3.8) is 0 Å². The molecule has 1 aromatic rings. The highest BCUT2D eigenvalue weighted by molar-refractivity contribution is 7.90. The lowest BCUT2D eigenvalue weighted by atomic mass is 10.1. The van der Waals surface area contributed by atoms with E-state index >= 15 is 0 Å². The minimum atomic E-state index is -3.38. The highest BCUT2D eigenvalue weighted by atomic mass is 32.2. The highest BCUT2D eigenvalue weighted by Crippen LogP contribution is 2.16. The molecule has 5 nitrogen and oxygen atoms in total. The molecule has 0 saturated heterocycles. The van der Waals surface area contributed by atoms with Crippen LogP contribution in [0.5, 0.6) is 0 Å². The van der Waals surface area contributed by atoms with Crippen molar-refractivity contribution in [2.75, 3.05) is 18.5 Å². The molecule has 0 atom stereocenters. The molecule has 0 unspecified atom stereocenters. The molecule has 0 aliphatic carbocycles.